The molecule has 78 valence electrons. The molecule has 0 radical (unpaired) electrons. The molecule has 0 bridgehead atoms. The van der Waals surface area contributed by atoms with Gasteiger partial charge in [-0.2, -0.15) is 0 Å². The highest BCUT2D eigenvalue weighted by Crippen LogP contribution is 2.37. The van der Waals surface area contributed by atoms with E-state index in [1.165, 1.54) is 25.1 Å². The van der Waals surface area contributed by atoms with Crippen LogP contribution >= 0.6 is 31.9 Å². The van der Waals surface area contributed by atoms with Crippen molar-refractivity contribution >= 4 is 37.4 Å². The summed E-state index contributed by atoms with van der Waals surface area (Å²) in [5.41, 5.74) is 1.14. The number of pyridine rings is 1. The van der Waals surface area contributed by atoms with Crippen LogP contribution in [-0.2, 0) is 0 Å². The maximum absolute atomic E-state index is 4.61. The van der Waals surface area contributed by atoms with Crippen molar-refractivity contribution < 1.29 is 0 Å². The minimum absolute atomic E-state index is 0.657. The summed E-state index contributed by atoms with van der Waals surface area (Å²) in [6, 6.07) is 4.16. The van der Waals surface area contributed by atoms with Crippen LogP contribution in [0.25, 0.3) is 5.52 Å². The topological polar surface area (TPSA) is 17.3 Å². The maximum Gasteiger partial charge on any atom is 0.132 e. The molecule has 2 nitrogen and oxygen atoms in total. The molecular weight excluding hydrogens is 320 g/mol. The first-order chi connectivity index (χ1) is 7.25. The van der Waals surface area contributed by atoms with E-state index in [4.69, 9.17) is 0 Å². The van der Waals surface area contributed by atoms with E-state index in [0.717, 1.165) is 14.6 Å². The first-order valence-corrected chi connectivity index (χ1v) is 6.67. The van der Waals surface area contributed by atoms with E-state index in [2.05, 4.69) is 59.6 Å². The number of rotatable bonds is 1. The fraction of sp³-hybridized carbons (Fsp3) is 0.364. The Hall–Kier alpha value is -0.350. The van der Waals surface area contributed by atoms with Crippen LogP contribution < -0.4 is 0 Å². The quantitative estimate of drug-likeness (QED) is 0.769. The van der Waals surface area contributed by atoms with Gasteiger partial charge in [0.2, 0.25) is 0 Å². The smallest absolute Gasteiger partial charge is 0.132 e. The molecule has 1 saturated carbocycles. The van der Waals surface area contributed by atoms with Gasteiger partial charge < -0.3 is 4.40 Å². The number of imidazole rings is 1. The second-order valence-corrected chi connectivity index (χ2v) is 5.66. The van der Waals surface area contributed by atoms with Crippen LogP contribution in [0.15, 0.2) is 27.4 Å². The number of aromatic nitrogens is 2. The van der Waals surface area contributed by atoms with E-state index in [-0.39, 0.29) is 0 Å². The van der Waals surface area contributed by atoms with Crippen molar-refractivity contribution in [3.8, 4) is 0 Å². The third-order valence-corrected chi connectivity index (χ3v) is 4.13. The lowest BCUT2D eigenvalue weighted by atomic mass is 9.85. The van der Waals surface area contributed by atoms with E-state index in [9.17, 15) is 0 Å². The summed E-state index contributed by atoms with van der Waals surface area (Å²) in [4.78, 5) is 4.61. The van der Waals surface area contributed by atoms with Crippen molar-refractivity contribution in [3.05, 3.63) is 33.2 Å². The summed E-state index contributed by atoms with van der Waals surface area (Å²) in [6.07, 6.45) is 5.99. The first kappa shape index (κ1) is 9.85. The lowest BCUT2D eigenvalue weighted by Gasteiger charge is -2.23. The van der Waals surface area contributed by atoms with Crippen LogP contribution in [0.4, 0.5) is 0 Å². The maximum atomic E-state index is 4.61. The zero-order valence-electron chi connectivity index (χ0n) is 8.08. The van der Waals surface area contributed by atoms with Gasteiger partial charge in [0.1, 0.15) is 10.4 Å². The Morgan fingerprint density at radius 2 is 2.13 bits per heavy atom. The predicted octanol–water partition coefficient (Wildman–Crippen LogP) is 4.13. The summed E-state index contributed by atoms with van der Waals surface area (Å²) in [6.45, 7) is 0. The SMILES string of the molecule is Brc1ccn2c(C3CCC3)nc(Br)c2c1. The molecular formula is C11H10Br2N2. The molecule has 1 aliphatic carbocycles. The monoisotopic (exact) mass is 328 g/mol. The van der Waals surface area contributed by atoms with E-state index < -0.39 is 0 Å². The number of hydrogen-bond acceptors (Lipinski definition) is 1. The van der Waals surface area contributed by atoms with E-state index >= 15 is 0 Å². The summed E-state index contributed by atoms with van der Waals surface area (Å²) in [5.74, 6) is 1.86. The van der Waals surface area contributed by atoms with Gasteiger partial charge in [-0.1, -0.05) is 22.4 Å². The minimum Gasteiger partial charge on any atom is -0.302 e. The average molecular weight is 330 g/mol. The Morgan fingerprint density at radius 1 is 1.33 bits per heavy atom. The third-order valence-electron chi connectivity index (χ3n) is 3.06. The van der Waals surface area contributed by atoms with Crippen LogP contribution in [0.1, 0.15) is 31.0 Å². The zero-order valence-corrected chi connectivity index (χ0v) is 11.3. The molecule has 2 heterocycles. The Labute approximate surface area is 105 Å². The van der Waals surface area contributed by atoms with Crippen LogP contribution in [-0.4, -0.2) is 9.38 Å². The second-order valence-electron chi connectivity index (χ2n) is 3.99. The molecule has 1 aliphatic rings. The van der Waals surface area contributed by atoms with Gasteiger partial charge in [-0.25, -0.2) is 4.98 Å². The lowest BCUT2D eigenvalue weighted by molar-refractivity contribution is 0.400. The Balaban J connectivity index is 2.22. The van der Waals surface area contributed by atoms with E-state index in [0.29, 0.717) is 5.92 Å². The molecule has 0 unspecified atom stereocenters. The largest absolute Gasteiger partial charge is 0.302 e. The average Bonchev–Trinajstić information content (AvgIpc) is 2.41. The highest BCUT2D eigenvalue weighted by atomic mass is 79.9. The molecule has 2 aromatic rings. The van der Waals surface area contributed by atoms with Gasteiger partial charge in [0.25, 0.3) is 0 Å². The number of halogens is 2. The Kier molecular flexibility index (Phi) is 2.36. The molecule has 0 N–H and O–H groups in total. The Morgan fingerprint density at radius 3 is 2.80 bits per heavy atom. The van der Waals surface area contributed by atoms with Gasteiger partial charge in [-0.3, -0.25) is 0 Å². The van der Waals surface area contributed by atoms with Crippen LogP contribution in [0, 0.1) is 0 Å². The fourth-order valence-corrected chi connectivity index (χ4v) is 2.82. The van der Waals surface area contributed by atoms with Crippen molar-refractivity contribution in [2.75, 3.05) is 0 Å². The zero-order chi connectivity index (χ0) is 10.4. The molecule has 0 aliphatic heterocycles. The lowest BCUT2D eigenvalue weighted by Crippen LogP contribution is -2.12. The normalized spacial score (nSPS) is 16.9. The molecule has 4 heteroatoms. The number of nitrogens with zero attached hydrogens (tertiary/aromatic N) is 2. The molecule has 0 aromatic carbocycles. The third kappa shape index (κ3) is 1.54. The van der Waals surface area contributed by atoms with Gasteiger partial charge in [-0.05, 0) is 40.9 Å². The molecule has 15 heavy (non-hydrogen) atoms. The minimum atomic E-state index is 0.657. The van der Waals surface area contributed by atoms with E-state index in [1.807, 2.05) is 0 Å². The number of fused-ring (bicyclic) bond motifs is 1. The van der Waals surface area contributed by atoms with Crippen LogP contribution in [0.3, 0.4) is 0 Å². The van der Waals surface area contributed by atoms with Crippen molar-refractivity contribution in [1.82, 2.24) is 9.38 Å². The highest BCUT2D eigenvalue weighted by molar-refractivity contribution is 9.11. The van der Waals surface area contributed by atoms with Crippen molar-refractivity contribution in [2.45, 2.75) is 25.2 Å². The van der Waals surface area contributed by atoms with E-state index in [1.54, 1.807) is 0 Å². The van der Waals surface area contributed by atoms with Gasteiger partial charge in [0.15, 0.2) is 0 Å². The first-order valence-electron chi connectivity index (χ1n) is 5.09. The second kappa shape index (κ2) is 3.59. The Bertz CT molecular complexity index is 515. The number of hydrogen-bond donors (Lipinski definition) is 0. The van der Waals surface area contributed by atoms with Crippen molar-refractivity contribution in [2.24, 2.45) is 0 Å². The van der Waals surface area contributed by atoms with Crippen molar-refractivity contribution in [1.29, 1.82) is 0 Å². The molecule has 0 atom stereocenters. The van der Waals surface area contributed by atoms with Gasteiger partial charge in [-0.15, -0.1) is 0 Å². The van der Waals surface area contributed by atoms with Gasteiger partial charge in [0.05, 0.1) is 5.52 Å². The molecule has 0 spiro atoms. The highest BCUT2D eigenvalue weighted by Gasteiger charge is 2.24. The summed E-state index contributed by atoms with van der Waals surface area (Å²) in [5, 5.41) is 0. The fourth-order valence-electron chi connectivity index (χ4n) is 2.00. The molecule has 2 aromatic heterocycles. The summed E-state index contributed by atoms with van der Waals surface area (Å²) >= 11 is 7.00. The molecule has 3 rings (SSSR count). The molecule has 0 saturated heterocycles. The molecule has 0 amide bonds. The predicted molar refractivity (Wildman–Crippen MR) is 67.2 cm³/mol. The summed E-state index contributed by atoms with van der Waals surface area (Å²) < 4.78 is 4.24. The van der Waals surface area contributed by atoms with Crippen LogP contribution in [0.5, 0.6) is 0 Å². The standard InChI is InChI=1S/C11H10Br2N2/c12-8-4-5-15-9(6-8)10(13)14-11(15)7-2-1-3-7/h4-7H,1-3H2. The van der Waals surface area contributed by atoms with Crippen molar-refractivity contribution in [3.63, 3.8) is 0 Å². The van der Waals surface area contributed by atoms with Crippen LogP contribution in [0.2, 0.25) is 0 Å². The van der Waals surface area contributed by atoms with Gasteiger partial charge >= 0.3 is 0 Å². The summed E-state index contributed by atoms with van der Waals surface area (Å²) in [7, 11) is 0. The van der Waals surface area contributed by atoms with Gasteiger partial charge in [0, 0.05) is 16.6 Å². The molecule has 1 fully saturated rings.